The summed E-state index contributed by atoms with van der Waals surface area (Å²) in [6.45, 7) is 4.41. The standard InChI is InChI=1S/C16H14N4S/c1-10(2)11-3-5-12(6-4-11)13-7-21-16-14(13)15-19-18-9-20(15)8-17-16/h3-10H,1-2H3. The highest BCUT2D eigenvalue weighted by atomic mass is 32.1. The molecule has 104 valence electrons. The van der Waals surface area contributed by atoms with E-state index in [1.807, 2.05) is 4.40 Å². The quantitative estimate of drug-likeness (QED) is 0.558. The number of hydrogen-bond acceptors (Lipinski definition) is 4. The van der Waals surface area contributed by atoms with Crippen LogP contribution in [0, 0.1) is 0 Å². The van der Waals surface area contributed by atoms with Crippen molar-refractivity contribution in [2.45, 2.75) is 19.8 Å². The number of benzene rings is 1. The smallest absolute Gasteiger partial charge is 0.172 e. The summed E-state index contributed by atoms with van der Waals surface area (Å²) in [6, 6.07) is 8.75. The minimum absolute atomic E-state index is 0.545. The lowest BCUT2D eigenvalue weighted by Crippen LogP contribution is -1.88. The Kier molecular flexibility index (Phi) is 2.75. The van der Waals surface area contributed by atoms with E-state index in [1.54, 1.807) is 24.0 Å². The van der Waals surface area contributed by atoms with Gasteiger partial charge in [-0.25, -0.2) is 4.98 Å². The second kappa shape index (κ2) is 4.63. The maximum absolute atomic E-state index is 4.48. The molecule has 0 fully saturated rings. The van der Waals surface area contributed by atoms with Crippen LogP contribution in [0.2, 0.25) is 0 Å². The Morgan fingerprint density at radius 3 is 2.67 bits per heavy atom. The summed E-state index contributed by atoms with van der Waals surface area (Å²) >= 11 is 1.65. The Hall–Kier alpha value is -2.27. The molecule has 1 aromatic carbocycles. The van der Waals surface area contributed by atoms with Gasteiger partial charge in [0.15, 0.2) is 5.65 Å². The monoisotopic (exact) mass is 294 g/mol. The summed E-state index contributed by atoms with van der Waals surface area (Å²) in [4.78, 5) is 5.47. The van der Waals surface area contributed by atoms with Crippen molar-refractivity contribution in [3.63, 3.8) is 0 Å². The predicted molar refractivity (Wildman–Crippen MR) is 85.7 cm³/mol. The van der Waals surface area contributed by atoms with Crippen LogP contribution in [-0.2, 0) is 0 Å². The first-order valence-corrected chi connectivity index (χ1v) is 7.78. The zero-order valence-electron chi connectivity index (χ0n) is 11.8. The maximum Gasteiger partial charge on any atom is 0.172 e. The second-order valence-corrected chi connectivity index (χ2v) is 6.27. The van der Waals surface area contributed by atoms with E-state index in [0.717, 1.165) is 15.9 Å². The van der Waals surface area contributed by atoms with E-state index in [-0.39, 0.29) is 0 Å². The van der Waals surface area contributed by atoms with Crippen LogP contribution in [0.25, 0.3) is 27.0 Å². The van der Waals surface area contributed by atoms with Gasteiger partial charge in [0.2, 0.25) is 0 Å². The fraction of sp³-hybridized carbons (Fsp3) is 0.188. The average Bonchev–Trinajstić information content (AvgIpc) is 3.13. The van der Waals surface area contributed by atoms with Crippen LogP contribution < -0.4 is 0 Å². The third kappa shape index (κ3) is 1.93. The third-order valence-corrected chi connectivity index (χ3v) is 4.64. The summed E-state index contributed by atoms with van der Waals surface area (Å²) in [5.41, 5.74) is 4.59. The molecule has 0 saturated heterocycles. The van der Waals surface area contributed by atoms with Gasteiger partial charge in [0.05, 0.1) is 5.39 Å². The number of nitrogens with zero attached hydrogens (tertiary/aromatic N) is 4. The van der Waals surface area contributed by atoms with E-state index < -0.39 is 0 Å². The molecule has 3 heterocycles. The van der Waals surface area contributed by atoms with E-state index >= 15 is 0 Å². The Balaban J connectivity index is 1.95. The zero-order valence-corrected chi connectivity index (χ0v) is 12.6. The van der Waals surface area contributed by atoms with E-state index in [9.17, 15) is 0 Å². The Morgan fingerprint density at radius 1 is 1.10 bits per heavy atom. The van der Waals surface area contributed by atoms with Crippen molar-refractivity contribution in [1.29, 1.82) is 0 Å². The zero-order chi connectivity index (χ0) is 14.4. The van der Waals surface area contributed by atoms with Gasteiger partial charge < -0.3 is 0 Å². The van der Waals surface area contributed by atoms with Crippen LogP contribution in [0.4, 0.5) is 0 Å². The largest absolute Gasteiger partial charge is 0.271 e. The molecule has 0 aliphatic rings. The molecular formula is C16H14N4S. The van der Waals surface area contributed by atoms with E-state index in [1.165, 1.54) is 16.7 Å². The summed E-state index contributed by atoms with van der Waals surface area (Å²) in [5, 5.41) is 11.4. The minimum Gasteiger partial charge on any atom is -0.271 e. The van der Waals surface area contributed by atoms with Crippen LogP contribution in [0.1, 0.15) is 25.3 Å². The van der Waals surface area contributed by atoms with Gasteiger partial charge >= 0.3 is 0 Å². The van der Waals surface area contributed by atoms with Crippen LogP contribution in [0.15, 0.2) is 42.3 Å². The van der Waals surface area contributed by atoms with Gasteiger partial charge in [0.25, 0.3) is 0 Å². The highest BCUT2D eigenvalue weighted by Crippen LogP contribution is 2.35. The molecule has 4 rings (SSSR count). The van der Waals surface area contributed by atoms with Gasteiger partial charge in [-0.1, -0.05) is 38.1 Å². The first-order valence-electron chi connectivity index (χ1n) is 6.90. The normalized spacial score (nSPS) is 11.8. The van der Waals surface area contributed by atoms with Gasteiger partial charge in [-0.05, 0) is 17.0 Å². The molecule has 4 nitrogen and oxygen atoms in total. The van der Waals surface area contributed by atoms with Crippen molar-refractivity contribution in [2.75, 3.05) is 0 Å². The first kappa shape index (κ1) is 12.5. The molecule has 0 atom stereocenters. The maximum atomic E-state index is 4.48. The van der Waals surface area contributed by atoms with Crippen LogP contribution in [0.5, 0.6) is 0 Å². The first-order chi connectivity index (χ1) is 10.2. The molecule has 5 heteroatoms. The Morgan fingerprint density at radius 2 is 1.90 bits per heavy atom. The third-order valence-electron chi connectivity index (χ3n) is 3.76. The molecule has 0 saturated carbocycles. The van der Waals surface area contributed by atoms with Crippen LogP contribution >= 0.6 is 11.3 Å². The lowest BCUT2D eigenvalue weighted by Gasteiger charge is -2.06. The molecule has 0 N–H and O–H groups in total. The SMILES string of the molecule is CC(C)c1ccc(-c2csc3ncn4cnnc4c23)cc1. The molecule has 0 radical (unpaired) electrons. The molecule has 0 unspecified atom stereocenters. The van der Waals surface area contributed by atoms with Gasteiger partial charge in [0.1, 0.15) is 17.5 Å². The van der Waals surface area contributed by atoms with Crippen molar-refractivity contribution in [3.05, 3.63) is 47.9 Å². The van der Waals surface area contributed by atoms with Crippen molar-refractivity contribution in [1.82, 2.24) is 19.6 Å². The van der Waals surface area contributed by atoms with Crippen molar-refractivity contribution >= 4 is 27.2 Å². The number of rotatable bonds is 2. The van der Waals surface area contributed by atoms with E-state index in [4.69, 9.17) is 0 Å². The summed E-state index contributed by atoms with van der Waals surface area (Å²) < 4.78 is 1.86. The van der Waals surface area contributed by atoms with Gasteiger partial charge in [-0.2, -0.15) is 0 Å². The molecule has 4 aromatic rings. The van der Waals surface area contributed by atoms with E-state index in [2.05, 4.69) is 58.7 Å². The second-order valence-electron chi connectivity index (χ2n) is 5.41. The molecule has 0 spiro atoms. The summed E-state index contributed by atoms with van der Waals surface area (Å²) in [7, 11) is 0. The lowest BCUT2D eigenvalue weighted by molar-refractivity contribution is 0.867. The number of fused-ring (bicyclic) bond motifs is 3. The molecule has 21 heavy (non-hydrogen) atoms. The fourth-order valence-electron chi connectivity index (χ4n) is 2.54. The van der Waals surface area contributed by atoms with Gasteiger partial charge in [0, 0.05) is 10.9 Å². The van der Waals surface area contributed by atoms with Gasteiger partial charge in [-0.3, -0.25) is 4.40 Å². The number of thiophene rings is 1. The van der Waals surface area contributed by atoms with Crippen molar-refractivity contribution < 1.29 is 0 Å². The topological polar surface area (TPSA) is 43.1 Å². The van der Waals surface area contributed by atoms with Gasteiger partial charge in [-0.15, -0.1) is 21.5 Å². The molecular weight excluding hydrogens is 280 g/mol. The van der Waals surface area contributed by atoms with Crippen molar-refractivity contribution in [2.24, 2.45) is 0 Å². The number of hydrogen-bond donors (Lipinski definition) is 0. The minimum atomic E-state index is 0.545. The molecule has 0 aliphatic carbocycles. The average molecular weight is 294 g/mol. The number of aromatic nitrogens is 4. The molecule has 0 amide bonds. The van der Waals surface area contributed by atoms with Crippen molar-refractivity contribution in [3.8, 4) is 11.1 Å². The summed E-state index contributed by atoms with van der Waals surface area (Å²) in [5.74, 6) is 0.545. The van der Waals surface area contributed by atoms with Crippen LogP contribution in [-0.4, -0.2) is 19.6 Å². The van der Waals surface area contributed by atoms with Crippen LogP contribution in [0.3, 0.4) is 0 Å². The molecule has 0 aliphatic heterocycles. The highest BCUT2D eigenvalue weighted by Gasteiger charge is 2.13. The Bertz CT molecular complexity index is 918. The van der Waals surface area contributed by atoms with E-state index in [0.29, 0.717) is 5.92 Å². The fourth-order valence-corrected chi connectivity index (χ4v) is 3.45. The summed E-state index contributed by atoms with van der Waals surface area (Å²) in [6.07, 6.45) is 3.45. The molecule has 3 aromatic heterocycles. The lowest BCUT2D eigenvalue weighted by atomic mass is 9.99. The molecule has 0 bridgehead atoms. The Labute approximate surface area is 126 Å². The highest BCUT2D eigenvalue weighted by molar-refractivity contribution is 7.17. The predicted octanol–water partition coefficient (Wildman–Crippen LogP) is 4.13.